The van der Waals surface area contributed by atoms with Crippen molar-refractivity contribution in [1.82, 2.24) is 4.90 Å². The third kappa shape index (κ3) is 1.66. The van der Waals surface area contributed by atoms with Gasteiger partial charge in [0.05, 0.1) is 12.7 Å². The molecule has 2 aliphatic rings. The summed E-state index contributed by atoms with van der Waals surface area (Å²) in [4.78, 5) is 2.47. The van der Waals surface area contributed by atoms with E-state index < -0.39 is 0 Å². The Morgan fingerprint density at radius 1 is 1.31 bits per heavy atom. The Morgan fingerprint density at radius 2 is 2.19 bits per heavy atom. The fourth-order valence-electron chi connectivity index (χ4n) is 3.04. The minimum Gasteiger partial charge on any atom is -0.371 e. The molecule has 1 saturated heterocycles. The van der Waals surface area contributed by atoms with Crippen molar-refractivity contribution in [1.29, 1.82) is 0 Å². The lowest BCUT2D eigenvalue weighted by Crippen LogP contribution is -2.44. The topological polar surface area (TPSA) is 12.5 Å². The van der Waals surface area contributed by atoms with Gasteiger partial charge in [0.1, 0.15) is 0 Å². The van der Waals surface area contributed by atoms with Gasteiger partial charge in [-0.1, -0.05) is 24.3 Å². The first kappa shape index (κ1) is 10.3. The Kier molecular flexibility index (Phi) is 2.70. The number of ether oxygens (including phenoxy) is 1. The van der Waals surface area contributed by atoms with E-state index in [9.17, 15) is 0 Å². The quantitative estimate of drug-likeness (QED) is 0.661. The zero-order valence-electron chi connectivity index (χ0n) is 9.86. The average Bonchev–Trinajstić information content (AvgIpc) is 2.50. The molecule has 1 aliphatic carbocycles. The Bertz CT molecular complexity index is 377. The van der Waals surface area contributed by atoms with Gasteiger partial charge in [-0.25, -0.2) is 0 Å². The Morgan fingerprint density at radius 3 is 3.12 bits per heavy atom. The zero-order chi connectivity index (χ0) is 11.0. The molecule has 2 heteroatoms. The van der Waals surface area contributed by atoms with Crippen molar-refractivity contribution < 1.29 is 4.74 Å². The number of nitrogens with zero attached hydrogens (tertiary/aromatic N) is 1. The normalized spacial score (nSPS) is 30.3. The highest BCUT2D eigenvalue weighted by Crippen LogP contribution is 2.35. The van der Waals surface area contributed by atoms with Crippen molar-refractivity contribution in [2.24, 2.45) is 0 Å². The lowest BCUT2D eigenvalue weighted by Gasteiger charge is -2.38. The summed E-state index contributed by atoms with van der Waals surface area (Å²) in [6, 6.07) is 9.37. The van der Waals surface area contributed by atoms with Gasteiger partial charge in [0.25, 0.3) is 0 Å². The van der Waals surface area contributed by atoms with Crippen LogP contribution in [0.2, 0.25) is 0 Å². The molecule has 0 aromatic heterocycles. The van der Waals surface area contributed by atoms with E-state index in [4.69, 9.17) is 4.74 Å². The summed E-state index contributed by atoms with van der Waals surface area (Å²) in [7, 11) is 2.23. The summed E-state index contributed by atoms with van der Waals surface area (Å²) >= 11 is 0. The second kappa shape index (κ2) is 4.19. The van der Waals surface area contributed by atoms with E-state index in [-0.39, 0.29) is 0 Å². The molecule has 1 aromatic rings. The molecule has 0 saturated carbocycles. The fourth-order valence-corrected chi connectivity index (χ4v) is 3.04. The highest BCUT2D eigenvalue weighted by atomic mass is 16.5. The van der Waals surface area contributed by atoms with Gasteiger partial charge in [-0.2, -0.15) is 0 Å². The number of benzene rings is 1. The first-order valence-corrected chi connectivity index (χ1v) is 6.26. The second-order valence-corrected chi connectivity index (χ2v) is 4.93. The van der Waals surface area contributed by atoms with Crippen LogP contribution in [0.3, 0.4) is 0 Å². The molecule has 1 aromatic carbocycles. The minimum absolute atomic E-state index is 0.303. The predicted molar refractivity (Wildman–Crippen MR) is 64.5 cm³/mol. The van der Waals surface area contributed by atoms with Gasteiger partial charge in [-0.15, -0.1) is 0 Å². The van der Waals surface area contributed by atoms with E-state index >= 15 is 0 Å². The number of likely N-dealkylation sites (N-methyl/N-ethyl adjacent to an activating group) is 1. The van der Waals surface area contributed by atoms with Gasteiger partial charge in [-0.05, 0) is 37.4 Å². The van der Waals surface area contributed by atoms with Crippen LogP contribution in [0.5, 0.6) is 0 Å². The molecular formula is C14H19NO. The minimum atomic E-state index is 0.303. The van der Waals surface area contributed by atoms with E-state index in [0.717, 1.165) is 13.2 Å². The SMILES string of the molecule is CN1CCOC2c3ccccc3CCCC21. The van der Waals surface area contributed by atoms with Gasteiger partial charge >= 0.3 is 0 Å². The zero-order valence-corrected chi connectivity index (χ0v) is 9.86. The Labute approximate surface area is 97.2 Å². The second-order valence-electron chi connectivity index (χ2n) is 4.93. The maximum atomic E-state index is 6.02. The number of rotatable bonds is 0. The van der Waals surface area contributed by atoms with Crippen LogP contribution in [0.25, 0.3) is 0 Å². The molecular weight excluding hydrogens is 198 g/mol. The number of morpholine rings is 1. The average molecular weight is 217 g/mol. The maximum absolute atomic E-state index is 6.02. The van der Waals surface area contributed by atoms with Crippen molar-refractivity contribution in [2.45, 2.75) is 31.4 Å². The third-order valence-corrected chi connectivity index (χ3v) is 3.96. The van der Waals surface area contributed by atoms with E-state index in [1.54, 1.807) is 0 Å². The lowest BCUT2D eigenvalue weighted by molar-refractivity contribution is -0.0648. The highest BCUT2D eigenvalue weighted by molar-refractivity contribution is 5.31. The molecule has 2 unspecified atom stereocenters. The van der Waals surface area contributed by atoms with Gasteiger partial charge in [0.2, 0.25) is 0 Å². The van der Waals surface area contributed by atoms with Crippen LogP contribution in [0, 0.1) is 0 Å². The molecule has 0 bridgehead atoms. The summed E-state index contributed by atoms with van der Waals surface area (Å²) in [5.41, 5.74) is 2.92. The van der Waals surface area contributed by atoms with Crippen molar-refractivity contribution >= 4 is 0 Å². The van der Waals surface area contributed by atoms with Crippen LogP contribution in [0.1, 0.15) is 30.1 Å². The highest BCUT2D eigenvalue weighted by Gasteiger charge is 2.33. The summed E-state index contributed by atoms with van der Waals surface area (Å²) in [6.45, 7) is 1.94. The van der Waals surface area contributed by atoms with Crippen molar-refractivity contribution in [2.75, 3.05) is 20.2 Å². The smallest absolute Gasteiger partial charge is 0.0983 e. The molecule has 0 N–H and O–H groups in total. The van der Waals surface area contributed by atoms with Crippen molar-refractivity contribution in [3.05, 3.63) is 35.4 Å². The van der Waals surface area contributed by atoms with E-state index in [0.29, 0.717) is 12.1 Å². The summed E-state index contributed by atoms with van der Waals surface area (Å²) in [5.74, 6) is 0. The van der Waals surface area contributed by atoms with Gasteiger partial charge in [0, 0.05) is 12.6 Å². The van der Waals surface area contributed by atoms with Gasteiger partial charge in [0.15, 0.2) is 0 Å². The summed E-state index contributed by atoms with van der Waals surface area (Å²) in [6.07, 6.45) is 4.06. The number of hydrogen-bond acceptors (Lipinski definition) is 2. The molecule has 86 valence electrons. The van der Waals surface area contributed by atoms with Crippen LogP contribution >= 0.6 is 0 Å². The standard InChI is InChI=1S/C14H19NO/c1-15-9-10-16-14-12-7-3-2-5-11(12)6-4-8-13(14)15/h2-3,5,7,13-14H,4,6,8-10H2,1H3. The first-order valence-electron chi connectivity index (χ1n) is 6.26. The van der Waals surface area contributed by atoms with Crippen LogP contribution in [-0.4, -0.2) is 31.1 Å². The van der Waals surface area contributed by atoms with Crippen molar-refractivity contribution in [3.8, 4) is 0 Å². The monoisotopic (exact) mass is 217 g/mol. The third-order valence-electron chi connectivity index (χ3n) is 3.96. The molecule has 1 aliphatic heterocycles. The fraction of sp³-hybridized carbons (Fsp3) is 0.571. The Balaban J connectivity index is 2.00. The van der Waals surface area contributed by atoms with Crippen LogP contribution in [0.4, 0.5) is 0 Å². The summed E-state index contributed by atoms with van der Waals surface area (Å²) < 4.78 is 6.02. The predicted octanol–water partition coefficient (Wildman–Crippen LogP) is 2.39. The van der Waals surface area contributed by atoms with Crippen molar-refractivity contribution in [3.63, 3.8) is 0 Å². The van der Waals surface area contributed by atoms with Gasteiger partial charge in [-0.3, -0.25) is 4.90 Å². The van der Waals surface area contributed by atoms with E-state index in [1.807, 2.05) is 0 Å². The number of aryl methyl sites for hydroxylation is 1. The largest absolute Gasteiger partial charge is 0.371 e. The molecule has 2 nitrogen and oxygen atoms in total. The Hall–Kier alpha value is -0.860. The first-order chi connectivity index (χ1) is 7.86. The molecule has 1 heterocycles. The van der Waals surface area contributed by atoms with Crippen LogP contribution in [-0.2, 0) is 11.2 Å². The van der Waals surface area contributed by atoms with Crippen LogP contribution < -0.4 is 0 Å². The molecule has 16 heavy (non-hydrogen) atoms. The molecule has 0 amide bonds. The summed E-state index contributed by atoms with van der Waals surface area (Å²) in [5, 5.41) is 0. The number of fused-ring (bicyclic) bond motifs is 3. The molecule has 3 rings (SSSR count). The lowest BCUT2D eigenvalue weighted by atomic mass is 9.97. The molecule has 0 spiro atoms. The van der Waals surface area contributed by atoms with Gasteiger partial charge < -0.3 is 4.74 Å². The van der Waals surface area contributed by atoms with Crippen LogP contribution in [0.15, 0.2) is 24.3 Å². The van der Waals surface area contributed by atoms with E-state index in [1.165, 1.54) is 30.4 Å². The maximum Gasteiger partial charge on any atom is 0.0983 e. The molecule has 0 radical (unpaired) electrons. The molecule has 1 fully saturated rings. The molecule has 2 atom stereocenters. The van der Waals surface area contributed by atoms with E-state index in [2.05, 4.69) is 36.2 Å². The number of hydrogen-bond donors (Lipinski definition) is 0.